The Hall–Kier alpha value is -1.88. The summed E-state index contributed by atoms with van der Waals surface area (Å²) < 4.78 is 20.5. The SMILES string of the molecule is COCCOCC(=O)NCCOCCOCC(=O)NCCCC[C@H](CC(=O)C(C)C)C(C)=O. The smallest absolute Gasteiger partial charge is 0.246 e. The molecule has 0 unspecified atom stereocenters. The zero-order chi connectivity index (χ0) is 24.9. The third kappa shape index (κ3) is 19.3. The minimum Gasteiger partial charge on any atom is -0.382 e. The number of unbranched alkanes of at least 4 members (excludes halogenated alkanes) is 1. The van der Waals surface area contributed by atoms with Crippen molar-refractivity contribution in [3.05, 3.63) is 0 Å². The lowest BCUT2D eigenvalue weighted by Crippen LogP contribution is -2.31. The van der Waals surface area contributed by atoms with Crippen molar-refractivity contribution in [3.8, 4) is 0 Å². The molecule has 1 atom stereocenters. The molecule has 33 heavy (non-hydrogen) atoms. The second kappa shape index (κ2) is 20.7. The van der Waals surface area contributed by atoms with Crippen LogP contribution in [-0.4, -0.2) is 89.8 Å². The van der Waals surface area contributed by atoms with Gasteiger partial charge in [0.15, 0.2) is 0 Å². The first-order chi connectivity index (χ1) is 15.8. The van der Waals surface area contributed by atoms with Gasteiger partial charge in [-0.15, -0.1) is 0 Å². The first kappa shape index (κ1) is 31.1. The van der Waals surface area contributed by atoms with Crippen molar-refractivity contribution in [2.45, 2.75) is 46.5 Å². The predicted octanol–water partition coefficient (Wildman–Crippen LogP) is 0.906. The van der Waals surface area contributed by atoms with Crippen LogP contribution in [0.15, 0.2) is 0 Å². The van der Waals surface area contributed by atoms with Crippen LogP contribution >= 0.6 is 0 Å². The van der Waals surface area contributed by atoms with Crippen LogP contribution in [0, 0.1) is 11.8 Å². The van der Waals surface area contributed by atoms with E-state index >= 15 is 0 Å². The number of Topliss-reactive ketones (excluding diaryl/α,β-unsaturated/α-hetero) is 2. The quantitative estimate of drug-likeness (QED) is 0.222. The van der Waals surface area contributed by atoms with Gasteiger partial charge in [-0.2, -0.15) is 0 Å². The Labute approximate surface area is 197 Å². The Balaban J connectivity index is 3.59. The third-order valence-electron chi connectivity index (χ3n) is 4.81. The highest BCUT2D eigenvalue weighted by Crippen LogP contribution is 2.16. The second-order valence-corrected chi connectivity index (χ2v) is 8.04. The maximum atomic E-state index is 11.9. The first-order valence-corrected chi connectivity index (χ1v) is 11.6. The van der Waals surface area contributed by atoms with Gasteiger partial charge < -0.3 is 29.6 Å². The summed E-state index contributed by atoms with van der Waals surface area (Å²) in [5, 5.41) is 5.43. The number of carbonyl (C=O) groups is 4. The lowest BCUT2D eigenvalue weighted by molar-refractivity contribution is -0.128. The van der Waals surface area contributed by atoms with E-state index in [9.17, 15) is 19.2 Å². The van der Waals surface area contributed by atoms with Crippen molar-refractivity contribution in [2.24, 2.45) is 11.8 Å². The molecule has 0 aromatic heterocycles. The van der Waals surface area contributed by atoms with E-state index in [1.807, 2.05) is 13.8 Å². The van der Waals surface area contributed by atoms with E-state index in [1.54, 1.807) is 7.11 Å². The van der Waals surface area contributed by atoms with Crippen LogP contribution in [0.4, 0.5) is 0 Å². The molecule has 0 aromatic rings. The summed E-state index contributed by atoms with van der Waals surface area (Å²) in [6, 6.07) is 0. The van der Waals surface area contributed by atoms with Crippen LogP contribution in [0.25, 0.3) is 0 Å². The van der Waals surface area contributed by atoms with E-state index < -0.39 is 0 Å². The van der Waals surface area contributed by atoms with Crippen LogP contribution in [0.3, 0.4) is 0 Å². The Morgan fingerprint density at radius 2 is 1.33 bits per heavy atom. The molecule has 0 bridgehead atoms. The van der Waals surface area contributed by atoms with Gasteiger partial charge in [0.1, 0.15) is 24.8 Å². The first-order valence-electron chi connectivity index (χ1n) is 11.6. The average Bonchev–Trinajstić information content (AvgIpc) is 2.77. The van der Waals surface area contributed by atoms with E-state index in [0.29, 0.717) is 52.4 Å². The molecule has 2 N–H and O–H groups in total. The summed E-state index contributed by atoms with van der Waals surface area (Å²) in [5.74, 6) is -0.580. The summed E-state index contributed by atoms with van der Waals surface area (Å²) in [7, 11) is 1.56. The molecule has 0 aliphatic heterocycles. The fourth-order valence-corrected chi connectivity index (χ4v) is 2.73. The van der Waals surface area contributed by atoms with E-state index in [4.69, 9.17) is 18.9 Å². The van der Waals surface area contributed by atoms with Crippen molar-refractivity contribution in [3.63, 3.8) is 0 Å². The van der Waals surface area contributed by atoms with E-state index in [-0.39, 0.29) is 55.0 Å². The maximum absolute atomic E-state index is 11.9. The van der Waals surface area contributed by atoms with Gasteiger partial charge in [-0.1, -0.05) is 20.3 Å². The third-order valence-corrected chi connectivity index (χ3v) is 4.81. The number of nitrogens with one attached hydrogen (secondary N) is 2. The molecule has 0 fully saturated rings. The van der Waals surface area contributed by atoms with Gasteiger partial charge >= 0.3 is 0 Å². The summed E-state index contributed by atoms with van der Waals surface area (Å²) in [6.45, 7) is 7.72. The van der Waals surface area contributed by atoms with Gasteiger partial charge in [0.2, 0.25) is 11.8 Å². The van der Waals surface area contributed by atoms with Crippen LogP contribution in [0.2, 0.25) is 0 Å². The molecule has 0 heterocycles. The lowest BCUT2D eigenvalue weighted by atomic mass is 9.89. The van der Waals surface area contributed by atoms with Gasteiger partial charge in [-0.25, -0.2) is 0 Å². The highest BCUT2D eigenvalue weighted by atomic mass is 16.5. The highest BCUT2D eigenvalue weighted by Gasteiger charge is 2.19. The van der Waals surface area contributed by atoms with E-state index in [0.717, 1.165) is 12.8 Å². The van der Waals surface area contributed by atoms with Crippen molar-refractivity contribution in [2.75, 3.05) is 66.4 Å². The lowest BCUT2D eigenvalue weighted by Gasteiger charge is -2.14. The molecular formula is C23H42N2O8. The summed E-state index contributed by atoms with van der Waals surface area (Å²) in [4.78, 5) is 46.8. The van der Waals surface area contributed by atoms with Gasteiger partial charge in [-0.05, 0) is 19.8 Å². The van der Waals surface area contributed by atoms with Gasteiger partial charge in [0.05, 0.1) is 33.0 Å². The average molecular weight is 475 g/mol. The van der Waals surface area contributed by atoms with Crippen molar-refractivity contribution < 1.29 is 38.1 Å². The summed E-state index contributed by atoms with van der Waals surface area (Å²) in [5.41, 5.74) is 0. The van der Waals surface area contributed by atoms with Gasteiger partial charge in [0.25, 0.3) is 0 Å². The fraction of sp³-hybridized carbons (Fsp3) is 0.826. The normalized spacial score (nSPS) is 11.9. The number of carbonyl (C=O) groups excluding carboxylic acids is 4. The molecule has 0 saturated carbocycles. The van der Waals surface area contributed by atoms with Crippen LogP contribution in [0.5, 0.6) is 0 Å². The number of ether oxygens (including phenoxy) is 4. The number of ketones is 2. The Bertz CT molecular complexity index is 569. The zero-order valence-corrected chi connectivity index (χ0v) is 20.6. The Kier molecular flexibility index (Phi) is 19.5. The minimum atomic E-state index is -0.235. The number of methoxy groups -OCH3 is 1. The molecule has 10 heteroatoms. The van der Waals surface area contributed by atoms with Crippen LogP contribution < -0.4 is 10.6 Å². The van der Waals surface area contributed by atoms with Gasteiger partial charge in [0, 0.05) is 38.5 Å². The molecule has 0 aliphatic carbocycles. The summed E-state index contributed by atoms with van der Waals surface area (Å²) in [6.07, 6.45) is 2.45. The molecule has 0 radical (unpaired) electrons. The molecule has 0 saturated heterocycles. The summed E-state index contributed by atoms with van der Waals surface area (Å²) >= 11 is 0. The topological polar surface area (TPSA) is 129 Å². The molecule has 10 nitrogen and oxygen atoms in total. The zero-order valence-electron chi connectivity index (χ0n) is 20.6. The van der Waals surface area contributed by atoms with Crippen molar-refractivity contribution in [1.82, 2.24) is 10.6 Å². The van der Waals surface area contributed by atoms with Crippen molar-refractivity contribution in [1.29, 1.82) is 0 Å². The monoisotopic (exact) mass is 474 g/mol. The van der Waals surface area contributed by atoms with Crippen molar-refractivity contribution >= 4 is 23.4 Å². The standard InChI is InChI=1S/C23H42N2O8/c1-18(2)21(27)15-20(19(3)26)7-5-6-8-24-22(28)16-33-14-13-31-10-9-25-23(29)17-32-12-11-30-4/h18,20H,5-17H2,1-4H3,(H,24,28)(H,25,29)/t20-/m1/s1. The largest absolute Gasteiger partial charge is 0.382 e. The number of rotatable bonds is 22. The molecular weight excluding hydrogens is 432 g/mol. The Morgan fingerprint density at radius 3 is 1.91 bits per heavy atom. The van der Waals surface area contributed by atoms with E-state index in [1.165, 1.54) is 6.92 Å². The highest BCUT2D eigenvalue weighted by molar-refractivity contribution is 5.87. The molecule has 2 amide bonds. The Morgan fingerprint density at radius 1 is 0.758 bits per heavy atom. The number of hydrogen-bond donors (Lipinski definition) is 2. The maximum Gasteiger partial charge on any atom is 0.246 e. The molecule has 192 valence electrons. The molecule has 0 spiro atoms. The van der Waals surface area contributed by atoms with Crippen LogP contribution in [-0.2, 0) is 38.1 Å². The number of hydrogen-bond acceptors (Lipinski definition) is 8. The van der Waals surface area contributed by atoms with Gasteiger partial charge in [-0.3, -0.25) is 19.2 Å². The van der Waals surface area contributed by atoms with E-state index in [2.05, 4.69) is 10.6 Å². The van der Waals surface area contributed by atoms with Crippen LogP contribution in [0.1, 0.15) is 46.5 Å². The number of amides is 2. The fourth-order valence-electron chi connectivity index (χ4n) is 2.73. The second-order valence-electron chi connectivity index (χ2n) is 8.04. The molecule has 0 aliphatic rings. The minimum absolute atomic E-state index is 0.0172. The predicted molar refractivity (Wildman–Crippen MR) is 123 cm³/mol. The molecule has 0 aromatic carbocycles. The molecule has 0 rings (SSSR count).